The maximum Gasteiger partial charge on any atom is 0.0463 e. The van der Waals surface area contributed by atoms with E-state index in [-0.39, 0.29) is 0 Å². The van der Waals surface area contributed by atoms with Crippen molar-refractivity contribution in [3.8, 4) is 0 Å². The molecule has 0 radical (unpaired) electrons. The van der Waals surface area contributed by atoms with Crippen LogP contribution in [0.15, 0.2) is 188 Å². The second-order valence-corrected chi connectivity index (χ2v) is 9.47. The van der Waals surface area contributed by atoms with Crippen LogP contribution in [0, 0.1) is 0 Å². The lowest BCUT2D eigenvalue weighted by Crippen LogP contribution is -2.20. The summed E-state index contributed by atoms with van der Waals surface area (Å²) in [6, 6.07) is 39.8. The van der Waals surface area contributed by atoms with E-state index in [9.17, 15) is 0 Å². The molecule has 4 aromatic rings. The molecule has 0 spiro atoms. The summed E-state index contributed by atoms with van der Waals surface area (Å²) >= 11 is 0. The van der Waals surface area contributed by atoms with E-state index < -0.39 is 0 Å². The Labute approximate surface area is 251 Å². The second-order valence-electron chi connectivity index (χ2n) is 9.47. The monoisotopic (exact) mass is 549 g/mol. The van der Waals surface area contributed by atoms with Crippen LogP contribution in [0.2, 0.25) is 0 Å². The number of benzene rings is 4. The number of rotatable bonds is 14. The van der Waals surface area contributed by atoms with Gasteiger partial charge in [0.05, 0.1) is 0 Å². The Morgan fingerprint density at radius 2 is 1.19 bits per heavy atom. The number of para-hydroxylation sites is 3. The van der Waals surface area contributed by atoms with Gasteiger partial charge in [0, 0.05) is 46.4 Å². The van der Waals surface area contributed by atoms with Gasteiger partial charge in [-0.2, -0.15) is 0 Å². The quantitative estimate of drug-likeness (QED) is 0.158. The van der Waals surface area contributed by atoms with Crippen LogP contribution in [0.3, 0.4) is 0 Å². The minimum atomic E-state index is 0.673. The van der Waals surface area contributed by atoms with Crippen molar-refractivity contribution in [3.05, 3.63) is 188 Å². The molecule has 3 nitrogen and oxygen atoms in total. The molecule has 4 rings (SSSR count). The Hall–Kier alpha value is -5.28. The minimum Gasteiger partial charge on any atom is -0.382 e. The Morgan fingerprint density at radius 1 is 0.643 bits per heavy atom. The van der Waals surface area contributed by atoms with Crippen molar-refractivity contribution in [2.45, 2.75) is 13.3 Å². The van der Waals surface area contributed by atoms with Crippen molar-refractivity contribution in [2.75, 3.05) is 21.7 Å². The molecular formula is C39H39N3. The molecule has 0 aromatic heterocycles. The molecule has 0 atom stereocenters. The van der Waals surface area contributed by atoms with E-state index in [0.717, 1.165) is 46.3 Å². The van der Waals surface area contributed by atoms with Crippen LogP contribution in [0.25, 0.3) is 0 Å². The highest BCUT2D eigenvalue weighted by Crippen LogP contribution is 2.34. The molecule has 0 fully saturated rings. The summed E-state index contributed by atoms with van der Waals surface area (Å²) in [5, 5.41) is 3.54. The third-order valence-electron chi connectivity index (χ3n) is 6.50. The highest BCUT2D eigenvalue weighted by Gasteiger charge is 2.13. The predicted molar refractivity (Wildman–Crippen MR) is 184 cm³/mol. The van der Waals surface area contributed by atoms with E-state index in [2.05, 4.69) is 157 Å². The Morgan fingerprint density at radius 3 is 1.71 bits per heavy atom. The minimum absolute atomic E-state index is 0.673. The second kappa shape index (κ2) is 16.1. The van der Waals surface area contributed by atoms with Gasteiger partial charge < -0.3 is 15.1 Å². The van der Waals surface area contributed by atoms with E-state index in [0.29, 0.717) is 6.54 Å². The lowest BCUT2D eigenvalue weighted by Gasteiger charge is -2.27. The fraction of sp³-hybridized carbons (Fsp3) is 0.0769. The first-order chi connectivity index (χ1) is 20.7. The zero-order valence-electron chi connectivity index (χ0n) is 24.3. The van der Waals surface area contributed by atoms with Gasteiger partial charge in [0.1, 0.15) is 0 Å². The van der Waals surface area contributed by atoms with Crippen LogP contribution >= 0.6 is 0 Å². The first-order valence-electron chi connectivity index (χ1n) is 14.3. The van der Waals surface area contributed by atoms with Gasteiger partial charge in [-0.15, -0.1) is 0 Å². The Kier molecular flexibility index (Phi) is 11.4. The van der Waals surface area contributed by atoms with E-state index in [1.807, 2.05) is 36.4 Å². The molecule has 0 heterocycles. The van der Waals surface area contributed by atoms with Crippen molar-refractivity contribution in [1.82, 2.24) is 0 Å². The van der Waals surface area contributed by atoms with Gasteiger partial charge in [-0.25, -0.2) is 0 Å². The van der Waals surface area contributed by atoms with Crippen LogP contribution in [0.4, 0.5) is 28.4 Å². The topological polar surface area (TPSA) is 18.5 Å². The molecule has 3 heteroatoms. The van der Waals surface area contributed by atoms with E-state index in [4.69, 9.17) is 0 Å². The number of anilines is 5. The SMILES string of the molecule is C=C/C=C\C(=C/CC)N(C(/C=C\CNc1ccc(N(c2ccccc2)c2ccccc2)cc1)=C/C=C)c1ccccc1. The highest BCUT2D eigenvalue weighted by atomic mass is 15.2. The van der Waals surface area contributed by atoms with Crippen molar-refractivity contribution < 1.29 is 0 Å². The summed E-state index contributed by atoms with van der Waals surface area (Å²) in [7, 11) is 0. The number of hydrogen-bond donors (Lipinski definition) is 1. The van der Waals surface area contributed by atoms with Crippen LogP contribution < -0.4 is 15.1 Å². The lowest BCUT2D eigenvalue weighted by atomic mass is 10.1. The third kappa shape index (κ3) is 8.12. The highest BCUT2D eigenvalue weighted by molar-refractivity contribution is 5.77. The summed E-state index contributed by atoms with van der Waals surface area (Å²) in [6.45, 7) is 10.6. The van der Waals surface area contributed by atoms with Crippen molar-refractivity contribution in [1.29, 1.82) is 0 Å². The van der Waals surface area contributed by atoms with Crippen LogP contribution in [0.1, 0.15) is 13.3 Å². The first kappa shape index (κ1) is 29.7. The van der Waals surface area contributed by atoms with E-state index in [1.54, 1.807) is 6.08 Å². The van der Waals surface area contributed by atoms with Gasteiger partial charge in [0.25, 0.3) is 0 Å². The van der Waals surface area contributed by atoms with Crippen molar-refractivity contribution >= 4 is 28.4 Å². The molecule has 0 saturated heterocycles. The molecule has 0 aliphatic rings. The molecule has 0 bridgehead atoms. The van der Waals surface area contributed by atoms with Gasteiger partial charge in [0.2, 0.25) is 0 Å². The predicted octanol–water partition coefficient (Wildman–Crippen LogP) is 10.7. The summed E-state index contributed by atoms with van der Waals surface area (Å²) < 4.78 is 0. The summed E-state index contributed by atoms with van der Waals surface area (Å²) in [6.07, 6.45) is 17.1. The van der Waals surface area contributed by atoms with Gasteiger partial charge in [-0.3, -0.25) is 0 Å². The van der Waals surface area contributed by atoms with Gasteiger partial charge in [-0.1, -0.05) is 105 Å². The summed E-state index contributed by atoms with van der Waals surface area (Å²) in [5.74, 6) is 0. The molecular weight excluding hydrogens is 510 g/mol. The zero-order chi connectivity index (χ0) is 29.4. The maximum atomic E-state index is 3.98. The molecule has 0 aliphatic carbocycles. The molecule has 0 aliphatic heterocycles. The molecule has 4 aromatic carbocycles. The fourth-order valence-corrected chi connectivity index (χ4v) is 4.65. The van der Waals surface area contributed by atoms with Crippen LogP contribution in [-0.2, 0) is 0 Å². The fourth-order valence-electron chi connectivity index (χ4n) is 4.65. The largest absolute Gasteiger partial charge is 0.382 e. The molecule has 210 valence electrons. The average molecular weight is 550 g/mol. The smallest absolute Gasteiger partial charge is 0.0463 e. The van der Waals surface area contributed by atoms with E-state index in [1.165, 1.54) is 0 Å². The summed E-state index contributed by atoms with van der Waals surface area (Å²) in [5.41, 5.74) is 7.57. The lowest BCUT2D eigenvalue weighted by molar-refractivity contribution is 1.09. The number of nitrogens with zero attached hydrogens (tertiary/aromatic N) is 2. The number of nitrogens with one attached hydrogen (secondary N) is 1. The molecule has 1 N–H and O–H groups in total. The van der Waals surface area contributed by atoms with Crippen LogP contribution in [0.5, 0.6) is 0 Å². The van der Waals surface area contributed by atoms with Gasteiger partial charge >= 0.3 is 0 Å². The molecule has 0 unspecified atom stereocenters. The molecule has 0 amide bonds. The first-order valence-corrected chi connectivity index (χ1v) is 14.3. The zero-order valence-corrected chi connectivity index (χ0v) is 24.3. The maximum absolute atomic E-state index is 3.98. The van der Waals surface area contributed by atoms with Gasteiger partial charge in [0.15, 0.2) is 0 Å². The van der Waals surface area contributed by atoms with Crippen molar-refractivity contribution in [2.24, 2.45) is 0 Å². The van der Waals surface area contributed by atoms with Crippen molar-refractivity contribution in [3.63, 3.8) is 0 Å². The summed E-state index contributed by atoms with van der Waals surface area (Å²) in [4.78, 5) is 4.49. The van der Waals surface area contributed by atoms with Gasteiger partial charge in [-0.05, 0) is 85.3 Å². The number of allylic oxidation sites excluding steroid dienone is 7. The Bertz CT molecular complexity index is 1470. The molecule has 42 heavy (non-hydrogen) atoms. The average Bonchev–Trinajstić information content (AvgIpc) is 3.04. The third-order valence-corrected chi connectivity index (χ3v) is 6.50. The normalized spacial score (nSPS) is 11.9. The van der Waals surface area contributed by atoms with Crippen LogP contribution in [-0.4, -0.2) is 6.54 Å². The van der Waals surface area contributed by atoms with E-state index >= 15 is 0 Å². The Balaban J connectivity index is 1.52. The standard InChI is InChI=1S/C39H39N3/c1-4-7-20-34(18-5-2)41(36-21-11-8-12-22-36)35(19-6-3)27-17-32-40-33-28-30-39(31-29-33)42(37-23-13-9-14-24-37)38-25-15-10-16-26-38/h4,6-31,40H,1,3,5,32H2,2H3/b20-7-,27-17-,34-18+,35-19+. The number of hydrogen-bond acceptors (Lipinski definition) is 3. The molecule has 0 saturated carbocycles.